The fourth-order valence-electron chi connectivity index (χ4n) is 2.49. The van der Waals surface area contributed by atoms with Crippen molar-refractivity contribution in [1.29, 1.82) is 0 Å². The van der Waals surface area contributed by atoms with Crippen LogP contribution in [0, 0.1) is 5.92 Å². The minimum atomic E-state index is -0.438. The Morgan fingerprint density at radius 1 is 1.50 bits per heavy atom. The number of nitrogens with two attached hydrogens (primary N) is 1. The van der Waals surface area contributed by atoms with Crippen LogP contribution in [0.5, 0.6) is 0 Å². The minimum Gasteiger partial charge on any atom is -0.468 e. The molecule has 0 aliphatic carbocycles. The summed E-state index contributed by atoms with van der Waals surface area (Å²) in [4.78, 5) is 24.8. The highest BCUT2D eigenvalue weighted by Gasteiger charge is 2.26. The number of hydrogen-bond acceptors (Lipinski definition) is 4. The van der Waals surface area contributed by atoms with Gasteiger partial charge in [-0.2, -0.15) is 11.8 Å². The number of furan rings is 1. The molecule has 2 heterocycles. The van der Waals surface area contributed by atoms with Gasteiger partial charge in [-0.25, -0.2) is 4.79 Å². The van der Waals surface area contributed by atoms with Crippen LogP contribution in [-0.4, -0.2) is 42.2 Å². The van der Waals surface area contributed by atoms with Gasteiger partial charge in [0.2, 0.25) is 5.91 Å². The van der Waals surface area contributed by atoms with Crippen LogP contribution < -0.4 is 11.1 Å². The molecule has 0 radical (unpaired) electrons. The molecule has 7 heteroatoms. The Bertz CT molecular complexity index is 478. The fourth-order valence-corrected chi connectivity index (χ4v) is 3.35. The standard InChI is InChI=1S/C15H23N3O3S/c16-15(20)18-7-1-4-12(10-18)14(19)17-6-3-9-22-11-13-5-2-8-21-13/h2,5,8,12H,1,3-4,6-7,9-11H2,(H2,16,20)(H,17,19). The van der Waals surface area contributed by atoms with Crippen molar-refractivity contribution in [2.75, 3.05) is 25.4 Å². The van der Waals surface area contributed by atoms with Gasteiger partial charge in [-0.15, -0.1) is 0 Å². The Hall–Kier alpha value is -1.63. The van der Waals surface area contributed by atoms with Crippen LogP contribution >= 0.6 is 11.8 Å². The quantitative estimate of drug-likeness (QED) is 0.748. The second-order valence-electron chi connectivity index (χ2n) is 5.40. The van der Waals surface area contributed by atoms with Gasteiger partial charge in [0.05, 0.1) is 17.9 Å². The molecule has 1 atom stereocenters. The van der Waals surface area contributed by atoms with Gasteiger partial charge in [-0.1, -0.05) is 0 Å². The van der Waals surface area contributed by atoms with Gasteiger partial charge in [0.25, 0.3) is 0 Å². The number of piperidine rings is 1. The molecule has 6 nitrogen and oxygen atoms in total. The summed E-state index contributed by atoms with van der Waals surface area (Å²) in [6.07, 6.45) is 4.25. The third kappa shape index (κ3) is 5.29. The van der Waals surface area contributed by atoms with Gasteiger partial charge in [0.1, 0.15) is 5.76 Å². The van der Waals surface area contributed by atoms with Gasteiger partial charge >= 0.3 is 6.03 Å². The number of hydrogen-bond donors (Lipinski definition) is 2. The Kier molecular flexibility index (Phi) is 6.64. The van der Waals surface area contributed by atoms with E-state index in [1.807, 2.05) is 12.1 Å². The maximum atomic E-state index is 12.1. The lowest BCUT2D eigenvalue weighted by molar-refractivity contribution is -0.126. The van der Waals surface area contributed by atoms with Crippen molar-refractivity contribution in [3.8, 4) is 0 Å². The first-order chi connectivity index (χ1) is 10.7. The van der Waals surface area contributed by atoms with Crippen molar-refractivity contribution >= 4 is 23.7 Å². The van der Waals surface area contributed by atoms with Gasteiger partial charge < -0.3 is 20.4 Å². The molecule has 1 aliphatic rings. The van der Waals surface area contributed by atoms with Crippen LogP contribution in [0.3, 0.4) is 0 Å². The number of nitrogens with one attached hydrogen (secondary N) is 1. The number of carbonyl (C=O) groups is 2. The zero-order valence-electron chi connectivity index (χ0n) is 12.6. The zero-order chi connectivity index (χ0) is 15.8. The highest BCUT2D eigenvalue weighted by molar-refractivity contribution is 7.98. The highest BCUT2D eigenvalue weighted by Crippen LogP contribution is 2.16. The van der Waals surface area contributed by atoms with Crippen molar-refractivity contribution < 1.29 is 14.0 Å². The molecule has 1 unspecified atom stereocenters. The molecule has 1 aromatic heterocycles. The summed E-state index contributed by atoms with van der Waals surface area (Å²) in [5, 5.41) is 2.95. The summed E-state index contributed by atoms with van der Waals surface area (Å²) >= 11 is 1.79. The van der Waals surface area contributed by atoms with Gasteiger partial charge in [-0.05, 0) is 37.1 Å². The Morgan fingerprint density at radius 2 is 2.36 bits per heavy atom. The normalized spacial score (nSPS) is 18.2. The maximum absolute atomic E-state index is 12.1. The molecule has 1 fully saturated rings. The van der Waals surface area contributed by atoms with E-state index in [0.717, 1.165) is 36.5 Å². The van der Waals surface area contributed by atoms with Crippen molar-refractivity contribution in [3.05, 3.63) is 24.2 Å². The number of rotatable bonds is 7. The molecule has 0 saturated carbocycles. The summed E-state index contributed by atoms with van der Waals surface area (Å²) in [7, 11) is 0. The summed E-state index contributed by atoms with van der Waals surface area (Å²) in [6, 6.07) is 3.41. The molecular formula is C15H23N3O3S. The van der Waals surface area contributed by atoms with E-state index in [9.17, 15) is 9.59 Å². The van der Waals surface area contributed by atoms with Crippen LogP contribution in [0.15, 0.2) is 22.8 Å². The molecule has 2 rings (SSSR count). The topological polar surface area (TPSA) is 88.6 Å². The monoisotopic (exact) mass is 325 g/mol. The molecule has 0 spiro atoms. The molecule has 3 amide bonds. The van der Waals surface area contributed by atoms with Crippen molar-refractivity contribution in [3.63, 3.8) is 0 Å². The number of primary amides is 1. The molecule has 1 saturated heterocycles. The second kappa shape index (κ2) is 8.73. The van der Waals surface area contributed by atoms with Crippen LogP contribution in [-0.2, 0) is 10.5 Å². The van der Waals surface area contributed by atoms with Gasteiger partial charge in [0.15, 0.2) is 0 Å². The zero-order valence-corrected chi connectivity index (χ0v) is 13.4. The maximum Gasteiger partial charge on any atom is 0.314 e. The summed E-state index contributed by atoms with van der Waals surface area (Å²) in [5.74, 6) is 2.71. The first kappa shape index (κ1) is 16.7. The Labute approximate surface area is 134 Å². The smallest absolute Gasteiger partial charge is 0.314 e. The average molecular weight is 325 g/mol. The Morgan fingerprint density at radius 3 is 3.09 bits per heavy atom. The Balaban J connectivity index is 1.56. The number of urea groups is 1. The second-order valence-corrected chi connectivity index (χ2v) is 6.51. The van der Waals surface area contributed by atoms with Gasteiger partial charge in [0, 0.05) is 19.6 Å². The van der Waals surface area contributed by atoms with E-state index in [2.05, 4.69) is 5.32 Å². The van der Waals surface area contributed by atoms with E-state index in [0.29, 0.717) is 19.6 Å². The number of amides is 3. The van der Waals surface area contributed by atoms with Crippen molar-refractivity contribution in [1.82, 2.24) is 10.2 Å². The van der Waals surface area contributed by atoms with E-state index in [-0.39, 0.29) is 11.8 Å². The van der Waals surface area contributed by atoms with Crippen molar-refractivity contribution in [2.24, 2.45) is 11.7 Å². The first-order valence-electron chi connectivity index (χ1n) is 7.59. The molecule has 1 aromatic rings. The lowest BCUT2D eigenvalue weighted by Gasteiger charge is -2.30. The number of likely N-dealkylation sites (tertiary alicyclic amines) is 1. The molecule has 22 heavy (non-hydrogen) atoms. The predicted octanol–water partition coefficient (Wildman–Crippen LogP) is 1.81. The number of thioether (sulfide) groups is 1. The molecule has 122 valence electrons. The van der Waals surface area contributed by atoms with Crippen LogP contribution in [0.1, 0.15) is 25.0 Å². The van der Waals surface area contributed by atoms with E-state index in [4.69, 9.17) is 10.2 Å². The van der Waals surface area contributed by atoms with E-state index in [1.165, 1.54) is 0 Å². The fraction of sp³-hybridized carbons (Fsp3) is 0.600. The van der Waals surface area contributed by atoms with Crippen molar-refractivity contribution in [2.45, 2.75) is 25.0 Å². The van der Waals surface area contributed by atoms with Crippen LogP contribution in [0.2, 0.25) is 0 Å². The summed E-state index contributed by atoms with van der Waals surface area (Å²) in [5.41, 5.74) is 5.27. The third-order valence-electron chi connectivity index (χ3n) is 3.69. The largest absolute Gasteiger partial charge is 0.468 e. The third-order valence-corrected chi connectivity index (χ3v) is 4.76. The minimum absolute atomic E-state index is 0.0296. The molecule has 3 N–H and O–H groups in total. The van der Waals surface area contributed by atoms with E-state index < -0.39 is 6.03 Å². The first-order valence-corrected chi connectivity index (χ1v) is 8.74. The van der Waals surface area contributed by atoms with E-state index in [1.54, 1.807) is 22.9 Å². The number of nitrogens with zero attached hydrogens (tertiary/aromatic N) is 1. The molecule has 0 bridgehead atoms. The highest BCUT2D eigenvalue weighted by atomic mass is 32.2. The molecular weight excluding hydrogens is 302 g/mol. The van der Waals surface area contributed by atoms with Crippen LogP contribution in [0.25, 0.3) is 0 Å². The van der Waals surface area contributed by atoms with Crippen LogP contribution in [0.4, 0.5) is 4.79 Å². The van der Waals surface area contributed by atoms with Gasteiger partial charge in [-0.3, -0.25) is 4.79 Å². The van der Waals surface area contributed by atoms with E-state index >= 15 is 0 Å². The molecule has 1 aliphatic heterocycles. The SMILES string of the molecule is NC(=O)N1CCCC(C(=O)NCCCSCc2ccco2)C1. The average Bonchev–Trinajstić information content (AvgIpc) is 3.04. The summed E-state index contributed by atoms with van der Waals surface area (Å²) < 4.78 is 5.25. The lowest BCUT2D eigenvalue weighted by Crippen LogP contribution is -2.47. The number of carbonyl (C=O) groups excluding carboxylic acids is 2. The lowest BCUT2D eigenvalue weighted by atomic mass is 9.97. The summed E-state index contributed by atoms with van der Waals surface area (Å²) in [6.45, 7) is 1.76. The molecule has 0 aromatic carbocycles. The predicted molar refractivity (Wildman–Crippen MR) is 86.4 cm³/mol.